The molecule has 1 aliphatic carbocycles. The largest absolute Gasteiger partial charge is 0.456 e. The summed E-state index contributed by atoms with van der Waals surface area (Å²) in [4.78, 5) is 10.1. The minimum atomic E-state index is -0.287. The number of benzene rings is 7. The van der Waals surface area contributed by atoms with Gasteiger partial charge in [0, 0.05) is 64.4 Å². The molecule has 12 rings (SSSR count). The number of hydrogen-bond acceptors (Lipinski definition) is 5. The first-order valence-electron chi connectivity index (χ1n) is 19.5. The highest BCUT2D eigenvalue weighted by molar-refractivity contribution is 7.26. The van der Waals surface area contributed by atoms with Gasteiger partial charge in [-0.3, -0.25) is 0 Å². The van der Waals surface area contributed by atoms with E-state index in [-0.39, 0.29) is 6.17 Å². The Labute approximate surface area is 332 Å². The maximum atomic E-state index is 6.58. The smallest absolute Gasteiger partial charge is 0.159 e. The predicted octanol–water partition coefficient (Wildman–Crippen LogP) is 13.0. The van der Waals surface area contributed by atoms with Crippen molar-refractivity contribution in [3.8, 4) is 16.8 Å². The predicted molar refractivity (Wildman–Crippen MR) is 238 cm³/mol. The van der Waals surface area contributed by atoms with Crippen molar-refractivity contribution in [1.82, 2.24) is 9.88 Å². The van der Waals surface area contributed by atoms with Crippen molar-refractivity contribution < 1.29 is 4.42 Å². The molecule has 7 aromatic carbocycles. The van der Waals surface area contributed by atoms with E-state index in [9.17, 15) is 0 Å². The summed E-state index contributed by atoms with van der Waals surface area (Å²) in [7, 11) is 0. The molecule has 0 bridgehead atoms. The third-order valence-electron chi connectivity index (χ3n) is 11.5. The van der Waals surface area contributed by atoms with Gasteiger partial charge in [-0.2, -0.15) is 0 Å². The van der Waals surface area contributed by atoms with E-state index in [1.165, 1.54) is 53.6 Å². The van der Waals surface area contributed by atoms with E-state index in [4.69, 9.17) is 14.4 Å². The lowest BCUT2D eigenvalue weighted by Crippen LogP contribution is -2.33. The van der Waals surface area contributed by atoms with E-state index < -0.39 is 0 Å². The summed E-state index contributed by atoms with van der Waals surface area (Å²) in [6, 6.07) is 56.0. The van der Waals surface area contributed by atoms with Gasteiger partial charge in [-0.05, 0) is 78.1 Å². The quantitative estimate of drug-likeness (QED) is 0.190. The van der Waals surface area contributed by atoms with Gasteiger partial charge in [0.25, 0.3) is 0 Å². The number of allylic oxidation sites excluding steroid dienone is 1. The van der Waals surface area contributed by atoms with Gasteiger partial charge in [-0.25, -0.2) is 9.98 Å². The Morgan fingerprint density at radius 3 is 2.35 bits per heavy atom. The van der Waals surface area contributed by atoms with Crippen molar-refractivity contribution in [3.05, 3.63) is 192 Å². The molecular formula is C51H34N4OS. The van der Waals surface area contributed by atoms with Crippen LogP contribution in [0.1, 0.15) is 40.5 Å². The molecule has 3 aromatic heterocycles. The molecule has 1 unspecified atom stereocenters. The van der Waals surface area contributed by atoms with E-state index >= 15 is 0 Å². The van der Waals surface area contributed by atoms with Gasteiger partial charge in [-0.15, -0.1) is 11.3 Å². The Bertz CT molecular complexity index is 3330. The number of nitrogens with one attached hydrogen (secondary N) is 1. The summed E-state index contributed by atoms with van der Waals surface area (Å²) in [6.45, 7) is 0. The van der Waals surface area contributed by atoms with Gasteiger partial charge in [-0.1, -0.05) is 121 Å². The maximum Gasteiger partial charge on any atom is 0.159 e. The Morgan fingerprint density at radius 2 is 1.46 bits per heavy atom. The van der Waals surface area contributed by atoms with Crippen molar-refractivity contribution >= 4 is 82.1 Å². The summed E-state index contributed by atoms with van der Waals surface area (Å²) in [6.07, 6.45) is 6.39. The second kappa shape index (κ2) is 12.8. The molecule has 4 heterocycles. The number of thiophene rings is 1. The van der Waals surface area contributed by atoms with Gasteiger partial charge < -0.3 is 14.3 Å². The summed E-state index contributed by atoms with van der Waals surface area (Å²) in [5.41, 5.74) is 12.4. The lowest BCUT2D eigenvalue weighted by molar-refractivity contribution is 0.669. The number of rotatable bonds is 5. The zero-order valence-corrected chi connectivity index (χ0v) is 31.6. The number of fused-ring (bicyclic) bond motifs is 9. The minimum absolute atomic E-state index is 0.287. The van der Waals surface area contributed by atoms with Crippen molar-refractivity contribution in [3.63, 3.8) is 0 Å². The van der Waals surface area contributed by atoms with Crippen LogP contribution in [-0.4, -0.2) is 16.2 Å². The third-order valence-corrected chi connectivity index (χ3v) is 12.8. The standard InChI is InChI=1S/C51H34N4OS/c1-3-12-31(13-4-1)49-52-50(32-14-5-2-6-15-32)54-51(53-49)34-23-27-47-42(28-34)40-19-11-18-36(48(40)57-47)33-22-25-39-41-30-35(24-26-45(41)56-46(39)29-33)55-43-20-9-7-16-37(43)38-17-8-10-21-44(38)55/h1-9,11-20,22-30,51H,10,21H2,(H,52,53,54). The van der Waals surface area contributed by atoms with Gasteiger partial charge >= 0.3 is 0 Å². The fraction of sp³-hybridized carbons (Fsp3) is 0.0588. The summed E-state index contributed by atoms with van der Waals surface area (Å²) in [5.74, 6) is 1.54. The maximum absolute atomic E-state index is 6.58. The highest BCUT2D eigenvalue weighted by Gasteiger charge is 2.23. The van der Waals surface area contributed by atoms with E-state index in [1.54, 1.807) is 0 Å². The van der Waals surface area contributed by atoms with Crippen LogP contribution in [0.5, 0.6) is 0 Å². The topological polar surface area (TPSA) is 54.8 Å². The molecule has 270 valence electrons. The highest BCUT2D eigenvalue weighted by Crippen LogP contribution is 2.43. The summed E-state index contributed by atoms with van der Waals surface area (Å²) < 4.78 is 11.5. The lowest BCUT2D eigenvalue weighted by atomic mass is 10.00. The van der Waals surface area contributed by atoms with Gasteiger partial charge in [0.05, 0.1) is 5.52 Å². The van der Waals surface area contributed by atoms with Crippen molar-refractivity contribution in [2.45, 2.75) is 19.0 Å². The molecule has 57 heavy (non-hydrogen) atoms. The number of amidine groups is 2. The number of nitrogens with zero attached hydrogens (tertiary/aromatic N) is 3. The van der Waals surface area contributed by atoms with E-state index in [0.717, 1.165) is 68.7 Å². The minimum Gasteiger partial charge on any atom is -0.456 e. The van der Waals surface area contributed by atoms with E-state index in [1.807, 2.05) is 47.7 Å². The lowest BCUT2D eigenvalue weighted by Gasteiger charge is -2.23. The van der Waals surface area contributed by atoms with Crippen LogP contribution in [0.25, 0.3) is 75.9 Å². The second-order valence-corrected chi connectivity index (χ2v) is 15.9. The second-order valence-electron chi connectivity index (χ2n) is 14.9. The van der Waals surface area contributed by atoms with Crippen LogP contribution in [0, 0.1) is 0 Å². The Morgan fingerprint density at radius 1 is 0.632 bits per heavy atom. The van der Waals surface area contributed by atoms with E-state index in [0.29, 0.717) is 0 Å². The van der Waals surface area contributed by atoms with Crippen molar-refractivity contribution in [1.29, 1.82) is 0 Å². The molecule has 1 atom stereocenters. The average Bonchev–Trinajstić information content (AvgIpc) is 3.95. The third kappa shape index (κ3) is 5.21. The number of para-hydroxylation sites is 1. The van der Waals surface area contributed by atoms with Crippen LogP contribution in [-0.2, 0) is 6.42 Å². The Kier molecular flexibility index (Phi) is 7.22. The Hall–Kier alpha value is -7.02. The number of aromatic nitrogens is 1. The highest BCUT2D eigenvalue weighted by atomic mass is 32.1. The van der Waals surface area contributed by atoms with Crippen LogP contribution in [0.3, 0.4) is 0 Å². The molecular weight excluding hydrogens is 717 g/mol. The summed E-state index contributed by atoms with van der Waals surface area (Å²) in [5, 5.41) is 9.67. The molecule has 0 fully saturated rings. The number of aliphatic imine (C=N–C) groups is 2. The molecule has 0 spiro atoms. The van der Waals surface area contributed by atoms with Gasteiger partial charge in [0.2, 0.25) is 0 Å². The SMILES string of the molecule is C1=Cc2c(n(-c3ccc4oc5cc(-c6cccc7c6sc6ccc(C8N=C(c9ccccc9)N=C(c9ccccc9)N8)cc67)ccc5c4c3)c3ccccc23)CC1. The van der Waals surface area contributed by atoms with Crippen LogP contribution < -0.4 is 5.32 Å². The molecule has 0 saturated carbocycles. The van der Waals surface area contributed by atoms with Crippen molar-refractivity contribution in [2.24, 2.45) is 9.98 Å². The Balaban J connectivity index is 0.930. The average molecular weight is 751 g/mol. The monoisotopic (exact) mass is 750 g/mol. The molecule has 10 aromatic rings. The number of furan rings is 1. The molecule has 0 saturated heterocycles. The first kappa shape index (κ1) is 32.2. The summed E-state index contributed by atoms with van der Waals surface area (Å²) >= 11 is 1.84. The molecule has 1 N–H and O–H groups in total. The van der Waals surface area contributed by atoms with Crippen molar-refractivity contribution in [2.75, 3.05) is 0 Å². The molecule has 1 aliphatic heterocycles. The fourth-order valence-electron chi connectivity index (χ4n) is 8.83. The zero-order chi connectivity index (χ0) is 37.5. The zero-order valence-electron chi connectivity index (χ0n) is 30.8. The van der Waals surface area contributed by atoms with E-state index in [2.05, 4.69) is 143 Å². The fourth-order valence-corrected chi connectivity index (χ4v) is 10.0. The normalized spacial score (nSPS) is 15.3. The first-order chi connectivity index (χ1) is 28.2. The molecule has 0 radical (unpaired) electrons. The number of hydrogen-bond donors (Lipinski definition) is 1. The van der Waals surface area contributed by atoms with Gasteiger partial charge in [0.1, 0.15) is 23.2 Å². The van der Waals surface area contributed by atoms with Crippen LogP contribution in [0.4, 0.5) is 0 Å². The first-order valence-corrected chi connectivity index (χ1v) is 20.3. The molecule has 5 nitrogen and oxygen atoms in total. The molecule has 6 heteroatoms. The van der Waals surface area contributed by atoms with Crippen LogP contribution in [0.2, 0.25) is 0 Å². The van der Waals surface area contributed by atoms with Gasteiger partial charge in [0.15, 0.2) is 5.84 Å². The molecule has 0 amide bonds. The van der Waals surface area contributed by atoms with Crippen LogP contribution in [0.15, 0.2) is 178 Å². The van der Waals surface area contributed by atoms with Crippen LogP contribution >= 0.6 is 11.3 Å². The molecule has 2 aliphatic rings.